The number of carbonyl (C=O) groups excluding carboxylic acids is 1. The van der Waals surface area contributed by atoms with Gasteiger partial charge in [-0.15, -0.1) is 0 Å². The van der Waals surface area contributed by atoms with Gasteiger partial charge in [-0.2, -0.15) is 4.98 Å². The van der Waals surface area contributed by atoms with Gasteiger partial charge < -0.3 is 9.42 Å². The van der Waals surface area contributed by atoms with E-state index in [-0.39, 0.29) is 5.92 Å². The SMILES string of the molecule is O=C(C1CCC1)N(CCc1nc(-c2ccc(Br)cc2)no1)C1CCCCC1. The van der Waals surface area contributed by atoms with E-state index < -0.39 is 0 Å². The summed E-state index contributed by atoms with van der Waals surface area (Å²) in [5, 5.41) is 4.11. The minimum Gasteiger partial charge on any atom is -0.339 e. The van der Waals surface area contributed by atoms with Crippen molar-refractivity contribution in [1.29, 1.82) is 0 Å². The van der Waals surface area contributed by atoms with E-state index in [1.54, 1.807) is 0 Å². The van der Waals surface area contributed by atoms with Crippen molar-refractivity contribution < 1.29 is 9.32 Å². The molecule has 6 heteroatoms. The topological polar surface area (TPSA) is 59.2 Å². The van der Waals surface area contributed by atoms with Crippen molar-refractivity contribution in [3.05, 3.63) is 34.6 Å². The molecule has 27 heavy (non-hydrogen) atoms. The molecule has 2 aliphatic rings. The molecule has 0 unspecified atom stereocenters. The molecule has 1 aromatic carbocycles. The second-order valence-corrected chi connectivity index (χ2v) is 8.64. The van der Waals surface area contributed by atoms with Crippen LogP contribution < -0.4 is 0 Å². The molecule has 0 spiro atoms. The molecular formula is C21H26BrN3O2. The second kappa shape index (κ2) is 8.55. The first-order valence-corrected chi connectivity index (χ1v) is 10.9. The van der Waals surface area contributed by atoms with Gasteiger partial charge in [0.05, 0.1) is 0 Å². The summed E-state index contributed by atoms with van der Waals surface area (Å²) in [6.07, 6.45) is 9.93. The lowest BCUT2D eigenvalue weighted by atomic mass is 9.83. The summed E-state index contributed by atoms with van der Waals surface area (Å²) in [6.45, 7) is 0.683. The van der Waals surface area contributed by atoms with Gasteiger partial charge in [-0.05, 0) is 49.9 Å². The number of halogens is 1. The van der Waals surface area contributed by atoms with E-state index in [1.807, 2.05) is 24.3 Å². The fourth-order valence-electron chi connectivity index (χ4n) is 4.04. The minimum absolute atomic E-state index is 0.243. The standard InChI is InChI=1S/C21H26BrN3O2/c22-17-11-9-15(10-12-17)20-23-19(27-24-20)13-14-25(18-7-2-1-3-8-18)21(26)16-5-4-6-16/h9-12,16,18H,1-8,13-14H2. The molecule has 5 nitrogen and oxygen atoms in total. The van der Waals surface area contributed by atoms with Gasteiger partial charge in [-0.3, -0.25) is 4.79 Å². The van der Waals surface area contributed by atoms with E-state index in [4.69, 9.17) is 4.52 Å². The van der Waals surface area contributed by atoms with E-state index in [2.05, 4.69) is 31.0 Å². The first-order valence-electron chi connectivity index (χ1n) is 10.1. The van der Waals surface area contributed by atoms with Crippen molar-refractivity contribution in [1.82, 2.24) is 15.0 Å². The summed E-state index contributed by atoms with van der Waals surface area (Å²) < 4.78 is 6.48. The lowest BCUT2D eigenvalue weighted by Crippen LogP contribution is -2.47. The Morgan fingerprint density at radius 1 is 1.07 bits per heavy atom. The molecule has 2 aliphatic carbocycles. The highest BCUT2D eigenvalue weighted by Gasteiger charge is 2.33. The van der Waals surface area contributed by atoms with Gasteiger partial charge in [0, 0.05) is 35.0 Å². The van der Waals surface area contributed by atoms with E-state index in [9.17, 15) is 4.79 Å². The zero-order valence-corrected chi connectivity index (χ0v) is 17.2. The van der Waals surface area contributed by atoms with Crippen LogP contribution in [0.4, 0.5) is 0 Å². The van der Waals surface area contributed by atoms with E-state index in [0.717, 1.165) is 35.7 Å². The molecule has 4 rings (SSSR count). The van der Waals surface area contributed by atoms with Crippen LogP contribution >= 0.6 is 15.9 Å². The lowest BCUT2D eigenvalue weighted by Gasteiger charge is -2.38. The summed E-state index contributed by atoms with van der Waals surface area (Å²) in [5.74, 6) is 1.80. The smallest absolute Gasteiger partial charge is 0.228 e. The van der Waals surface area contributed by atoms with Gasteiger partial charge >= 0.3 is 0 Å². The Morgan fingerprint density at radius 2 is 1.81 bits per heavy atom. The van der Waals surface area contributed by atoms with Crippen LogP contribution in [-0.4, -0.2) is 33.5 Å². The third-order valence-corrected chi connectivity index (χ3v) is 6.42. The number of carbonyl (C=O) groups is 1. The maximum absolute atomic E-state index is 13.0. The maximum atomic E-state index is 13.0. The largest absolute Gasteiger partial charge is 0.339 e. The van der Waals surface area contributed by atoms with Crippen LogP contribution in [0.15, 0.2) is 33.3 Å². The van der Waals surface area contributed by atoms with Crippen molar-refractivity contribution in [3.8, 4) is 11.4 Å². The summed E-state index contributed by atoms with van der Waals surface area (Å²) in [4.78, 5) is 19.6. The molecule has 0 saturated heterocycles. The van der Waals surface area contributed by atoms with Crippen LogP contribution in [-0.2, 0) is 11.2 Å². The Hall–Kier alpha value is -1.69. The quantitative estimate of drug-likeness (QED) is 0.645. The predicted molar refractivity (Wildman–Crippen MR) is 107 cm³/mol. The number of hydrogen-bond acceptors (Lipinski definition) is 4. The monoisotopic (exact) mass is 431 g/mol. The summed E-state index contributed by atoms with van der Waals surface area (Å²) in [7, 11) is 0. The Morgan fingerprint density at radius 3 is 2.48 bits per heavy atom. The third kappa shape index (κ3) is 4.42. The molecular weight excluding hydrogens is 406 g/mol. The molecule has 2 saturated carbocycles. The average Bonchev–Trinajstić information content (AvgIpc) is 3.11. The molecule has 144 valence electrons. The zero-order chi connectivity index (χ0) is 18.6. The molecule has 0 bridgehead atoms. The normalized spacial score (nSPS) is 18.3. The number of hydrogen-bond donors (Lipinski definition) is 0. The molecule has 1 aromatic heterocycles. The Labute approximate surface area is 168 Å². The third-order valence-electron chi connectivity index (χ3n) is 5.89. The van der Waals surface area contributed by atoms with Crippen molar-refractivity contribution in [2.75, 3.05) is 6.54 Å². The van der Waals surface area contributed by atoms with E-state index in [0.29, 0.717) is 36.6 Å². The number of benzene rings is 1. The van der Waals surface area contributed by atoms with Crippen LogP contribution in [0.1, 0.15) is 57.3 Å². The van der Waals surface area contributed by atoms with Crippen LogP contribution in [0.3, 0.4) is 0 Å². The van der Waals surface area contributed by atoms with Gasteiger partial charge in [0.25, 0.3) is 0 Å². The zero-order valence-electron chi connectivity index (χ0n) is 15.6. The van der Waals surface area contributed by atoms with Crippen LogP contribution in [0.25, 0.3) is 11.4 Å². The molecule has 0 aliphatic heterocycles. The van der Waals surface area contributed by atoms with E-state index >= 15 is 0 Å². The van der Waals surface area contributed by atoms with Gasteiger partial charge in [-0.25, -0.2) is 0 Å². The first-order chi connectivity index (χ1) is 13.2. The molecule has 0 radical (unpaired) electrons. The van der Waals surface area contributed by atoms with Crippen molar-refractivity contribution in [2.24, 2.45) is 5.92 Å². The summed E-state index contributed by atoms with van der Waals surface area (Å²) >= 11 is 3.44. The molecule has 2 fully saturated rings. The summed E-state index contributed by atoms with van der Waals surface area (Å²) in [5.41, 5.74) is 0.933. The van der Waals surface area contributed by atoms with Gasteiger partial charge in [0.1, 0.15) is 0 Å². The fraction of sp³-hybridized carbons (Fsp3) is 0.571. The number of aromatic nitrogens is 2. The Kier molecular flexibility index (Phi) is 5.91. The Balaban J connectivity index is 1.42. The van der Waals surface area contributed by atoms with Crippen molar-refractivity contribution >= 4 is 21.8 Å². The fourth-order valence-corrected chi connectivity index (χ4v) is 4.31. The maximum Gasteiger partial charge on any atom is 0.228 e. The second-order valence-electron chi connectivity index (χ2n) is 7.72. The predicted octanol–water partition coefficient (Wildman–Crippen LogP) is 5.00. The molecule has 0 N–H and O–H groups in total. The van der Waals surface area contributed by atoms with Gasteiger partial charge in [0.15, 0.2) is 0 Å². The van der Waals surface area contributed by atoms with Crippen LogP contribution in [0.5, 0.6) is 0 Å². The van der Waals surface area contributed by atoms with Crippen molar-refractivity contribution in [2.45, 2.75) is 63.8 Å². The molecule has 2 aromatic rings. The van der Waals surface area contributed by atoms with Crippen molar-refractivity contribution in [3.63, 3.8) is 0 Å². The summed E-state index contributed by atoms with van der Waals surface area (Å²) in [6, 6.07) is 8.25. The van der Waals surface area contributed by atoms with E-state index in [1.165, 1.54) is 25.7 Å². The first kappa shape index (κ1) is 18.7. The lowest BCUT2D eigenvalue weighted by molar-refractivity contribution is -0.141. The highest BCUT2D eigenvalue weighted by Crippen LogP contribution is 2.31. The van der Waals surface area contributed by atoms with Gasteiger partial charge in [0.2, 0.25) is 17.6 Å². The van der Waals surface area contributed by atoms with Gasteiger partial charge in [-0.1, -0.05) is 46.8 Å². The van der Waals surface area contributed by atoms with Crippen LogP contribution in [0, 0.1) is 5.92 Å². The number of nitrogens with zero attached hydrogens (tertiary/aromatic N) is 3. The highest BCUT2D eigenvalue weighted by atomic mass is 79.9. The van der Waals surface area contributed by atoms with Crippen LogP contribution in [0.2, 0.25) is 0 Å². The minimum atomic E-state index is 0.243. The molecule has 1 amide bonds. The molecule has 0 atom stereocenters. The highest BCUT2D eigenvalue weighted by molar-refractivity contribution is 9.10. The Bertz CT molecular complexity index is 764. The molecule has 1 heterocycles. The average molecular weight is 432 g/mol. The number of amides is 1. The number of rotatable bonds is 6.